The first-order valence-electron chi connectivity index (χ1n) is 12.0. The van der Waals surface area contributed by atoms with Crippen LogP contribution in [0.3, 0.4) is 0 Å². The molecular weight excluding hydrogens is 461 g/mol. The molecule has 0 bridgehead atoms. The number of aryl methyl sites for hydroxylation is 1. The number of hydrogen-bond acceptors (Lipinski definition) is 4. The fourth-order valence-corrected chi connectivity index (χ4v) is 4.67. The number of aromatic nitrogens is 2. The van der Waals surface area contributed by atoms with Crippen molar-refractivity contribution in [2.24, 2.45) is 0 Å². The molecule has 3 aromatic rings. The van der Waals surface area contributed by atoms with Gasteiger partial charge in [-0.05, 0) is 49.9 Å². The second kappa shape index (κ2) is 9.22. The maximum absolute atomic E-state index is 13.7. The molecule has 1 aliphatic carbocycles. The molecule has 1 saturated carbocycles. The highest BCUT2D eigenvalue weighted by Crippen LogP contribution is 2.38. The third-order valence-corrected chi connectivity index (χ3v) is 6.83. The standard InChI is InChI=1S/C27H28FN5O3/c1-17-3-5-18(6-4-17)14-30-26(36)27(2)15-32-16-31-22(23(32)25(35)33(27)21-11-12-21)24(34)29-13-19-7-9-20(28)10-8-19/h3-10,16,21H,11-15H2,1-2H3,(H,29,34)(H,30,36). The molecule has 9 heteroatoms. The Morgan fingerprint density at radius 2 is 1.64 bits per heavy atom. The van der Waals surface area contributed by atoms with Crippen LogP contribution in [-0.4, -0.2) is 43.8 Å². The number of rotatable bonds is 7. The number of halogens is 1. The van der Waals surface area contributed by atoms with E-state index in [4.69, 9.17) is 0 Å². The van der Waals surface area contributed by atoms with Crippen LogP contribution in [0.1, 0.15) is 57.4 Å². The summed E-state index contributed by atoms with van der Waals surface area (Å²) in [6, 6.07) is 13.7. The number of amides is 3. The molecule has 2 N–H and O–H groups in total. The number of carbonyl (C=O) groups excluding carboxylic acids is 3. The highest BCUT2D eigenvalue weighted by Gasteiger charge is 2.53. The number of carbonyl (C=O) groups is 3. The quantitative estimate of drug-likeness (QED) is 0.533. The Hall–Kier alpha value is -4.01. The minimum absolute atomic E-state index is 0.0230. The Bertz CT molecular complexity index is 1310. The molecule has 2 aromatic carbocycles. The van der Waals surface area contributed by atoms with Gasteiger partial charge in [0, 0.05) is 19.1 Å². The van der Waals surface area contributed by atoms with Gasteiger partial charge < -0.3 is 20.1 Å². The molecule has 1 aliphatic heterocycles. The van der Waals surface area contributed by atoms with Crippen LogP contribution in [0.5, 0.6) is 0 Å². The molecule has 0 spiro atoms. The Balaban J connectivity index is 1.35. The van der Waals surface area contributed by atoms with Crippen molar-refractivity contribution in [1.82, 2.24) is 25.1 Å². The molecule has 36 heavy (non-hydrogen) atoms. The average molecular weight is 490 g/mol. The highest BCUT2D eigenvalue weighted by atomic mass is 19.1. The van der Waals surface area contributed by atoms with Crippen LogP contribution >= 0.6 is 0 Å². The number of nitrogens with zero attached hydrogens (tertiary/aromatic N) is 3. The summed E-state index contributed by atoms with van der Waals surface area (Å²) in [4.78, 5) is 45.9. The van der Waals surface area contributed by atoms with E-state index in [9.17, 15) is 18.8 Å². The van der Waals surface area contributed by atoms with Gasteiger partial charge in [-0.2, -0.15) is 0 Å². The first-order valence-corrected chi connectivity index (χ1v) is 12.0. The Labute approximate surface area is 208 Å². The van der Waals surface area contributed by atoms with Gasteiger partial charge in [0.2, 0.25) is 5.91 Å². The maximum Gasteiger partial charge on any atom is 0.274 e. The van der Waals surface area contributed by atoms with Gasteiger partial charge in [-0.1, -0.05) is 42.0 Å². The van der Waals surface area contributed by atoms with Gasteiger partial charge in [0.05, 0.1) is 12.9 Å². The smallest absolute Gasteiger partial charge is 0.274 e. The van der Waals surface area contributed by atoms with Crippen molar-refractivity contribution in [3.63, 3.8) is 0 Å². The van der Waals surface area contributed by atoms with Gasteiger partial charge in [-0.3, -0.25) is 14.4 Å². The van der Waals surface area contributed by atoms with Crippen molar-refractivity contribution < 1.29 is 18.8 Å². The number of hydrogen-bond donors (Lipinski definition) is 2. The van der Waals surface area contributed by atoms with Crippen molar-refractivity contribution in [1.29, 1.82) is 0 Å². The third-order valence-electron chi connectivity index (χ3n) is 6.83. The lowest BCUT2D eigenvalue weighted by atomic mass is 9.93. The van der Waals surface area contributed by atoms with E-state index in [1.54, 1.807) is 28.5 Å². The summed E-state index contributed by atoms with van der Waals surface area (Å²) >= 11 is 0. The fraction of sp³-hybridized carbons (Fsp3) is 0.333. The van der Waals surface area contributed by atoms with E-state index >= 15 is 0 Å². The van der Waals surface area contributed by atoms with Crippen molar-refractivity contribution in [2.75, 3.05) is 0 Å². The molecule has 1 atom stereocenters. The second-order valence-electron chi connectivity index (χ2n) is 9.73. The average Bonchev–Trinajstić information content (AvgIpc) is 3.60. The summed E-state index contributed by atoms with van der Waals surface area (Å²) in [5.41, 5.74) is 1.93. The van der Waals surface area contributed by atoms with Crippen LogP contribution < -0.4 is 10.6 Å². The van der Waals surface area contributed by atoms with Gasteiger partial charge in [-0.25, -0.2) is 9.37 Å². The molecule has 1 aromatic heterocycles. The molecule has 2 aliphatic rings. The van der Waals surface area contributed by atoms with Crippen LogP contribution in [0, 0.1) is 12.7 Å². The van der Waals surface area contributed by atoms with Gasteiger partial charge >= 0.3 is 0 Å². The van der Waals surface area contributed by atoms with Crippen molar-refractivity contribution in [2.45, 2.75) is 57.9 Å². The predicted octanol–water partition coefficient (Wildman–Crippen LogP) is 2.95. The van der Waals surface area contributed by atoms with Gasteiger partial charge in [0.1, 0.15) is 17.1 Å². The van der Waals surface area contributed by atoms with Gasteiger partial charge in [0.15, 0.2) is 5.69 Å². The number of benzene rings is 2. The molecule has 1 fully saturated rings. The van der Waals surface area contributed by atoms with Crippen LogP contribution in [0.15, 0.2) is 54.9 Å². The molecule has 2 heterocycles. The number of nitrogens with one attached hydrogen (secondary N) is 2. The van der Waals surface area contributed by atoms with Crippen molar-refractivity contribution >= 4 is 17.7 Å². The van der Waals surface area contributed by atoms with Crippen molar-refractivity contribution in [3.05, 3.63) is 88.8 Å². The van der Waals surface area contributed by atoms with E-state index in [1.165, 1.54) is 18.5 Å². The minimum atomic E-state index is -1.11. The minimum Gasteiger partial charge on any atom is -0.350 e. The predicted molar refractivity (Wildman–Crippen MR) is 130 cm³/mol. The van der Waals surface area contributed by atoms with Crippen molar-refractivity contribution in [3.8, 4) is 0 Å². The van der Waals surface area contributed by atoms with Gasteiger partial charge in [0.25, 0.3) is 11.8 Å². The van der Waals surface area contributed by atoms with E-state index in [0.29, 0.717) is 6.54 Å². The summed E-state index contributed by atoms with van der Waals surface area (Å²) in [6.07, 6.45) is 3.06. The highest BCUT2D eigenvalue weighted by molar-refractivity contribution is 6.07. The van der Waals surface area contributed by atoms with E-state index in [0.717, 1.165) is 29.5 Å². The van der Waals surface area contributed by atoms with Gasteiger partial charge in [-0.15, -0.1) is 0 Å². The molecule has 0 radical (unpaired) electrons. The molecule has 5 rings (SSSR count). The largest absolute Gasteiger partial charge is 0.350 e. The van der Waals surface area contributed by atoms with Crippen LogP contribution in [0.25, 0.3) is 0 Å². The SMILES string of the molecule is Cc1ccc(CNC(=O)C2(C)Cn3cnc(C(=O)NCc4ccc(F)cc4)c3C(=O)N2C2CC2)cc1. The van der Waals surface area contributed by atoms with Crippen LogP contribution in [-0.2, 0) is 24.4 Å². The van der Waals surface area contributed by atoms with Crippen LogP contribution in [0.4, 0.5) is 4.39 Å². The zero-order chi connectivity index (χ0) is 25.4. The summed E-state index contributed by atoms with van der Waals surface area (Å²) in [7, 11) is 0. The maximum atomic E-state index is 13.7. The second-order valence-corrected chi connectivity index (χ2v) is 9.73. The summed E-state index contributed by atoms with van der Waals surface area (Å²) in [5.74, 6) is -1.47. The zero-order valence-electron chi connectivity index (χ0n) is 20.3. The number of fused-ring (bicyclic) bond motifs is 1. The molecule has 1 unspecified atom stereocenters. The topological polar surface area (TPSA) is 96.3 Å². The van der Waals surface area contributed by atoms with E-state index < -0.39 is 11.4 Å². The first kappa shape index (κ1) is 23.7. The zero-order valence-corrected chi connectivity index (χ0v) is 20.3. The molecule has 0 saturated heterocycles. The lowest BCUT2D eigenvalue weighted by molar-refractivity contribution is -0.133. The van der Waals surface area contributed by atoms with E-state index in [1.807, 2.05) is 31.2 Å². The summed E-state index contributed by atoms with van der Waals surface area (Å²) in [5, 5.41) is 5.74. The lowest BCUT2D eigenvalue weighted by Crippen LogP contribution is -2.64. The van der Waals surface area contributed by atoms with E-state index in [-0.39, 0.29) is 48.2 Å². The fourth-order valence-electron chi connectivity index (χ4n) is 4.67. The molecule has 186 valence electrons. The first-order chi connectivity index (χ1) is 17.3. The normalized spacial score (nSPS) is 19.1. The molecule has 8 nitrogen and oxygen atoms in total. The Kier molecular flexibility index (Phi) is 6.07. The Morgan fingerprint density at radius 1 is 1.03 bits per heavy atom. The number of imidazole rings is 1. The Morgan fingerprint density at radius 3 is 2.28 bits per heavy atom. The summed E-state index contributed by atoms with van der Waals surface area (Å²) < 4.78 is 14.7. The summed E-state index contributed by atoms with van der Waals surface area (Å²) in [6.45, 7) is 4.50. The molecular formula is C27H28FN5O3. The van der Waals surface area contributed by atoms with Crippen LogP contribution in [0.2, 0.25) is 0 Å². The molecule has 3 amide bonds. The third kappa shape index (κ3) is 4.48. The lowest BCUT2D eigenvalue weighted by Gasteiger charge is -2.44. The monoisotopic (exact) mass is 489 g/mol. The van der Waals surface area contributed by atoms with E-state index in [2.05, 4.69) is 15.6 Å².